The number of fused-ring (bicyclic) bond motifs is 1. The topological polar surface area (TPSA) is 94.0 Å². The molecule has 0 aliphatic carbocycles. The van der Waals surface area contributed by atoms with Gasteiger partial charge in [-0.1, -0.05) is 46.2 Å². The van der Waals surface area contributed by atoms with Gasteiger partial charge >= 0.3 is 0 Å². The molecule has 2 aromatic carbocycles. The number of nitrogens with zero attached hydrogens (tertiary/aromatic N) is 4. The largest absolute Gasteiger partial charge is 0.493 e. The number of rotatable bonds is 6. The number of anilines is 2. The summed E-state index contributed by atoms with van der Waals surface area (Å²) in [5, 5.41) is 18.2. The van der Waals surface area contributed by atoms with Gasteiger partial charge in [0.05, 0.1) is 12.2 Å². The van der Waals surface area contributed by atoms with E-state index in [1.165, 1.54) is 0 Å². The van der Waals surface area contributed by atoms with Crippen LogP contribution in [0.5, 0.6) is 5.75 Å². The van der Waals surface area contributed by atoms with Crippen LogP contribution in [-0.2, 0) is 4.79 Å². The molecule has 0 radical (unpaired) electrons. The zero-order valence-electron chi connectivity index (χ0n) is 17.5. The predicted octanol–water partition coefficient (Wildman–Crippen LogP) is 4.46. The minimum Gasteiger partial charge on any atom is -0.493 e. The second-order valence-electron chi connectivity index (χ2n) is 7.31. The van der Waals surface area contributed by atoms with E-state index in [2.05, 4.69) is 42.1 Å². The van der Waals surface area contributed by atoms with Gasteiger partial charge in [0, 0.05) is 21.4 Å². The van der Waals surface area contributed by atoms with Crippen LogP contribution < -0.4 is 15.4 Å². The SMILES string of the molecule is CCCOc1ccc(Br)cc1[C@H]1C(C(=O)Nc2ccccc2C)=C(C)Nc2nnnn21. The molecule has 0 spiro atoms. The Hall–Kier alpha value is -3.20. The highest BCUT2D eigenvalue weighted by molar-refractivity contribution is 9.10. The van der Waals surface area contributed by atoms with Gasteiger partial charge < -0.3 is 15.4 Å². The Balaban J connectivity index is 1.82. The summed E-state index contributed by atoms with van der Waals surface area (Å²) in [6.45, 7) is 6.42. The molecule has 0 saturated carbocycles. The van der Waals surface area contributed by atoms with Gasteiger partial charge in [-0.15, -0.1) is 0 Å². The summed E-state index contributed by atoms with van der Waals surface area (Å²) in [6.07, 6.45) is 0.868. The van der Waals surface area contributed by atoms with Crippen LogP contribution in [0, 0.1) is 6.92 Å². The van der Waals surface area contributed by atoms with Gasteiger partial charge in [0.2, 0.25) is 5.95 Å². The Morgan fingerprint density at radius 3 is 2.84 bits per heavy atom. The number of hydrogen-bond acceptors (Lipinski definition) is 6. The number of amides is 1. The summed E-state index contributed by atoms with van der Waals surface area (Å²) in [6, 6.07) is 12.9. The third kappa shape index (κ3) is 4.18. The average Bonchev–Trinajstić information content (AvgIpc) is 3.21. The number of carbonyl (C=O) groups is 1. The fourth-order valence-electron chi connectivity index (χ4n) is 3.57. The Kier molecular flexibility index (Phi) is 6.03. The van der Waals surface area contributed by atoms with Crippen molar-refractivity contribution in [3.05, 3.63) is 69.3 Å². The monoisotopic (exact) mass is 482 g/mol. The number of nitrogens with one attached hydrogen (secondary N) is 2. The molecule has 31 heavy (non-hydrogen) atoms. The molecular weight excluding hydrogens is 460 g/mol. The number of tetrazole rings is 1. The Morgan fingerprint density at radius 1 is 1.26 bits per heavy atom. The highest BCUT2D eigenvalue weighted by Crippen LogP contribution is 2.40. The number of para-hydroxylation sites is 1. The van der Waals surface area contributed by atoms with Crippen molar-refractivity contribution in [2.24, 2.45) is 0 Å². The lowest BCUT2D eigenvalue weighted by molar-refractivity contribution is -0.113. The third-order valence-corrected chi connectivity index (χ3v) is 5.57. The molecule has 1 atom stereocenters. The maximum absolute atomic E-state index is 13.5. The highest BCUT2D eigenvalue weighted by atomic mass is 79.9. The van der Waals surface area contributed by atoms with Gasteiger partial charge in [-0.05, 0) is 60.5 Å². The molecule has 0 saturated heterocycles. The van der Waals surface area contributed by atoms with E-state index in [-0.39, 0.29) is 5.91 Å². The molecule has 1 amide bonds. The number of allylic oxidation sites excluding steroid dienone is 1. The minimum atomic E-state index is -0.556. The average molecular weight is 483 g/mol. The lowest BCUT2D eigenvalue weighted by Crippen LogP contribution is -2.32. The van der Waals surface area contributed by atoms with Crippen LogP contribution in [0.15, 0.2) is 58.2 Å². The number of aromatic nitrogens is 4. The first-order valence-electron chi connectivity index (χ1n) is 10.0. The number of carbonyl (C=O) groups excluding carboxylic acids is 1. The molecule has 9 heteroatoms. The molecule has 4 rings (SSSR count). The van der Waals surface area contributed by atoms with E-state index in [4.69, 9.17) is 4.74 Å². The van der Waals surface area contributed by atoms with Gasteiger partial charge in [-0.2, -0.15) is 4.68 Å². The minimum absolute atomic E-state index is 0.230. The normalized spacial score (nSPS) is 15.3. The van der Waals surface area contributed by atoms with Crippen LogP contribution in [0.1, 0.15) is 37.4 Å². The molecule has 1 aromatic heterocycles. The summed E-state index contributed by atoms with van der Waals surface area (Å²) >= 11 is 3.55. The Bertz CT molecular complexity index is 1160. The molecule has 8 nitrogen and oxygen atoms in total. The smallest absolute Gasteiger partial charge is 0.255 e. The third-order valence-electron chi connectivity index (χ3n) is 5.08. The first-order valence-corrected chi connectivity index (χ1v) is 10.8. The lowest BCUT2D eigenvalue weighted by Gasteiger charge is -2.29. The number of halogens is 1. The number of benzene rings is 2. The van der Waals surface area contributed by atoms with Crippen molar-refractivity contribution >= 4 is 33.5 Å². The Morgan fingerprint density at radius 2 is 2.06 bits per heavy atom. The van der Waals surface area contributed by atoms with Gasteiger partial charge in [0.15, 0.2) is 0 Å². The zero-order valence-corrected chi connectivity index (χ0v) is 19.1. The van der Waals surface area contributed by atoms with Crippen molar-refractivity contribution in [2.75, 3.05) is 17.2 Å². The van der Waals surface area contributed by atoms with Gasteiger partial charge in [0.25, 0.3) is 5.91 Å². The maximum Gasteiger partial charge on any atom is 0.255 e. The molecule has 3 aromatic rings. The lowest BCUT2D eigenvalue weighted by atomic mass is 9.94. The van der Waals surface area contributed by atoms with E-state index >= 15 is 0 Å². The first kappa shape index (κ1) is 21.0. The first-order chi connectivity index (χ1) is 15.0. The van der Waals surface area contributed by atoms with Crippen LogP contribution >= 0.6 is 15.9 Å². The highest BCUT2D eigenvalue weighted by Gasteiger charge is 2.36. The second-order valence-corrected chi connectivity index (χ2v) is 8.23. The van der Waals surface area contributed by atoms with Gasteiger partial charge in [-0.25, -0.2) is 0 Å². The molecule has 1 aliphatic rings. The quantitative estimate of drug-likeness (QED) is 0.538. The summed E-state index contributed by atoms with van der Waals surface area (Å²) < 4.78 is 8.49. The van der Waals surface area contributed by atoms with Gasteiger partial charge in [0.1, 0.15) is 11.8 Å². The van der Waals surface area contributed by atoms with Crippen LogP contribution in [0.3, 0.4) is 0 Å². The number of hydrogen-bond donors (Lipinski definition) is 2. The molecule has 160 valence electrons. The zero-order chi connectivity index (χ0) is 22.0. The maximum atomic E-state index is 13.5. The van der Waals surface area contributed by atoms with Crippen molar-refractivity contribution in [1.29, 1.82) is 0 Å². The van der Waals surface area contributed by atoms with Crippen molar-refractivity contribution in [3.63, 3.8) is 0 Å². The summed E-state index contributed by atoms with van der Waals surface area (Å²) in [4.78, 5) is 13.5. The molecule has 0 bridgehead atoms. The molecule has 0 fully saturated rings. The summed E-state index contributed by atoms with van der Waals surface area (Å²) in [5.74, 6) is 0.926. The van der Waals surface area contributed by atoms with Crippen LogP contribution in [0.4, 0.5) is 11.6 Å². The summed E-state index contributed by atoms with van der Waals surface area (Å²) in [7, 11) is 0. The number of ether oxygens (including phenoxy) is 1. The van der Waals surface area contributed by atoms with Gasteiger partial charge in [-0.3, -0.25) is 4.79 Å². The molecule has 2 heterocycles. The molecule has 1 aliphatic heterocycles. The summed E-state index contributed by atoms with van der Waals surface area (Å²) in [5.41, 5.74) is 3.73. The fraction of sp³-hybridized carbons (Fsp3) is 0.273. The van der Waals surface area contributed by atoms with Crippen LogP contribution in [-0.4, -0.2) is 32.7 Å². The van der Waals surface area contributed by atoms with E-state index in [0.717, 1.165) is 27.7 Å². The van der Waals surface area contributed by atoms with E-state index in [0.29, 0.717) is 29.6 Å². The Labute approximate surface area is 188 Å². The van der Waals surface area contributed by atoms with Crippen LogP contribution in [0.2, 0.25) is 0 Å². The van der Waals surface area contributed by atoms with Crippen molar-refractivity contribution in [3.8, 4) is 5.75 Å². The molecular formula is C22H23BrN6O2. The van der Waals surface area contributed by atoms with E-state index in [9.17, 15) is 4.79 Å². The molecule has 0 unspecified atom stereocenters. The standard InChI is InChI=1S/C22H23BrN6O2/c1-4-11-31-18-10-9-15(23)12-16(18)20-19(14(3)24-22-26-27-28-29(20)22)21(30)25-17-8-6-5-7-13(17)2/h5-10,12,20H,4,11H2,1-3H3,(H,25,30)(H,24,26,28)/t20-/m0/s1. The van der Waals surface area contributed by atoms with E-state index < -0.39 is 6.04 Å². The van der Waals surface area contributed by atoms with Crippen molar-refractivity contribution < 1.29 is 9.53 Å². The number of aryl methyl sites for hydroxylation is 1. The van der Waals surface area contributed by atoms with Crippen LogP contribution in [0.25, 0.3) is 0 Å². The predicted molar refractivity (Wildman–Crippen MR) is 122 cm³/mol. The van der Waals surface area contributed by atoms with E-state index in [1.807, 2.05) is 63.2 Å². The second kappa shape index (κ2) is 8.89. The van der Waals surface area contributed by atoms with Crippen molar-refractivity contribution in [2.45, 2.75) is 33.2 Å². The van der Waals surface area contributed by atoms with E-state index in [1.54, 1.807) is 4.68 Å². The molecule has 2 N–H and O–H groups in total. The fourth-order valence-corrected chi connectivity index (χ4v) is 3.95. The van der Waals surface area contributed by atoms with Crippen molar-refractivity contribution in [1.82, 2.24) is 20.2 Å².